The summed E-state index contributed by atoms with van der Waals surface area (Å²) in [5, 5.41) is 18.9. The van der Waals surface area contributed by atoms with E-state index in [0.29, 0.717) is 70.6 Å². The van der Waals surface area contributed by atoms with Gasteiger partial charge >= 0.3 is 6.18 Å². The van der Waals surface area contributed by atoms with Crippen LogP contribution in [-0.4, -0.2) is 121 Å². The molecule has 0 radical (unpaired) electrons. The van der Waals surface area contributed by atoms with Crippen molar-refractivity contribution in [3.63, 3.8) is 0 Å². The van der Waals surface area contributed by atoms with Crippen molar-refractivity contribution in [3.05, 3.63) is 71.4 Å². The number of rotatable bonds is 11. The van der Waals surface area contributed by atoms with Gasteiger partial charge in [-0.05, 0) is 63.1 Å². The largest absolute Gasteiger partial charge is 0.405 e. The minimum Gasteiger partial charge on any atom is -0.371 e. The number of nitrogens with one attached hydrogen (secondary N) is 3. The Kier molecular flexibility index (Phi) is 12.9. The first-order valence-corrected chi connectivity index (χ1v) is 21.1. The Bertz CT molecular complexity index is 2340. The summed E-state index contributed by atoms with van der Waals surface area (Å²) in [4.78, 5) is 61.3. The van der Waals surface area contributed by atoms with Gasteiger partial charge in [-0.3, -0.25) is 34.1 Å². The molecule has 4 aromatic rings. The van der Waals surface area contributed by atoms with Gasteiger partial charge in [0.05, 0.1) is 29.5 Å². The molecule has 1 atom stereocenters. The molecular weight excluding hydrogens is 858 g/mol. The first kappa shape index (κ1) is 44.5. The molecule has 0 spiro atoms. The lowest BCUT2D eigenvalue weighted by Crippen LogP contribution is -2.54. The summed E-state index contributed by atoms with van der Waals surface area (Å²) in [5.74, 6) is -5.07. The van der Waals surface area contributed by atoms with E-state index >= 15 is 8.78 Å². The van der Waals surface area contributed by atoms with Gasteiger partial charge in [-0.2, -0.15) is 28.2 Å². The molecule has 0 bridgehead atoms. The highest BCUT2D eigenvalue weighted by atomic mass is 19.4. The Morgan fingerprint density at radius 2 is 1.55 bits per heavy atom. The standard InChI is InChI=1S/C41H45F7N12O4/c42-29-17-27(18-30(43)35(29)28-5-6-34(61)53-38(28)62)56-11-8-23(9-12-56)40(64)58-15-13-57(14-16-58)24-1-3-25(4-2-24)59-21-32(36(55-59)37(44)45)52-39(63)31-20-51-60(54-31)26-7-10-49-33(19-26)50-22-41(46,47)48/h7,10,17-21,23-25,28,37H,1-6,8-9,11-16,22H2,(H,49,50)(H,52,63)(H,53,61,62)/t24?,25?,28-/m1/s1. The van der Waals surface area contributed by atoms with Crippen molar-refractivity contribution in [2.45, 2.75) is 82.0 Å². The Hall–Kier alpha value is -6.13. The van der Waals surface area contributed by atoms with Crippen LogP contribution in [0.4, 0.5) is 47.9 Å². The number of carbonyl (C=O) groups excluding carboxylic acids is 4. The molecule has 4 fully saturated rings. The fourth-order valence-corrected chi connectivity index (χ4v) is 9.05. The number of hydrogen-bond donors (Lipinski definition) is 3. The highest BCUT2D eigenvalue weighted by Gasteiger charge is 2.36. The van der Waals surface area contributed by atoms with Crippen LogP contribution < -0.4 is 20.9 Å². The number of anilines is 3. The normalized spacial score (nSPS) is 21.6. The van der Waals surface area contributed by atoms with Gasteiger partial charge in [0.1, 0.15) is 24.0 Å². The Labute approximate surface area is 361 Å². The van der Waals surface area contributed by atoms with E-state index in [0.717, 1.165) is 23.8 Å². The van der Waals surface area contributed by atoms with Crippen molar-refractivity contribution in [1.82, 2.24) is 44.9 Å². The van der Waals surface area contributed by atoms with Crippen molar-refractivity contribution < 1.29 is 49.9 Å². The second-order valence-electron chi connectivity index (χ2n) is 16.5. The Balaban J connectivity index is 0.795. The van der Waals surface area contributed by atoms with Crippen LogP contribution in [0.2, 0.25) is 0 Å². The van der Waals surface area contributed by atoms with Crippen LogP contribution in [0.5, 0.6) is 0 Å². The topological polar surface area (TPSA) is 176 Å². The molecule has 8 rings (SSSR count). The number of benzene rings is 1. The van der Waals surface area contributed by atoms with Gasteiger partial charge in [0.2, 0.25) is 17.7 Å². The maximum absolute atomic E-state index is 15.2. The zero-order valence-corrected chi connectivity index (χ0v) is 34.3. The molecule has 64 heavy (non-hydrogen) atoms. The van der Waals surface area contributed by atoms with Crippen LogP contribution in [0, 0.1) is 17.6 Å². The average Bonchev–Trinajstić information content (AvgIpc) is 3.95. The second kappa shape index (κ2) is 18.5. The van der Waals surface area contributed by atoms with Crippen molar-refractivity contribution in [2.24, 2.45) is 5.92 Å². The Morgan fingerprint density at radius 1 is 0.859 bits per heavy atom. The van der Waals surface area contributed by atoms with Crippen LogP contribution in [-0.2, 0) is 14.4 Å². The van der Waals surface area contributed by atoms with Crippen LogP contribution in [0.3, 0.4) is 0 Å². The van der Waals surface area contributed by atoms with Gasteiger partial charge in [0.25, 0.3) is 12.3 Å². The van der Waals surface area contributed by atoms with Gasteiger partial charge in [0, 0.05) is 87.4 Å². The number of piperidine rings is 2. The third-order valence-corrected chi connectivity index (χ3v) is 12.4. The number of imide groups is 1. The molecular formula is C41H45F7N12O4. The van der Waals surface area contributed by atoms with E-state index in [1.54, 1.807) is 0 Å². The summed E-state index contributed by atoms with van der Waals surface area (Å²) in [5.41, 5.74) is -0.831. The summed E-state index contributed by atoms with van der Waals surface area (Å²) < 4.78 is 98.0. The molecule has 4 amide bonds. The second-order valence-corrected chi connectivity index (χ2v) is 16.5. The molecule has 3 saturated heterocycles. The fraction of sp³-hybridized carbons (Fsp3) is 0.512. The van der Waals surface area contributed by atoms with Gasteiger partial charge in [-0.15, -0.1) is 5.10 Å². The van der Waals surface area contributed by atoms with E-state index in [-0.39, 0.29) is 65.2 Å². The summed E-state index contributed by atoms with van der Waals surface area (Å²) in [7, 11) is 0. The lowest BCUT2D eigenvalue weighted by molar-refractivity contribution is -0.138. The number of alkyl halides is 5. The average molecular weight is 903 g/mol. The third kappa shape index (κ3) is 9.97. The molecule has 3 aromatic heterocycles. The molecule has 4 aliphatic rings. The molecule has 1 aliphatic carbocycles. The lowest BCUT2D eigenvalue weighted by atomic mass is 9.89. The van der Waals surface area contributed by atoms with Crippen molar-refractivity contribution in [1.29, 1.82) is 0 Å². The van der Waals surface area contributed by atoms with Crippen molar-refractivity contribution >= 4 is 40.8 Å². The Morgan fingerprint density at radius 3 is 2.20 bits per heavy atom. The van der Waals surface area contributed by atoms with Gasteiger partial charge in [-0.25, -0.2) is 22.5 Å². The number of nitrogens with zero attached hydrogens (tertiary/aromatic N) is 9. The number of aromatic nitrogens is 6. The molecule has 0 unspecified atom stereocenters. The van der Waals surface area contributed by atoms with Crippen LogP contribution in [0.25, 0.3) is 5.69 Å². The van der Waals surface area contributed by atoms with E-state index in [1.807, 2.05) is 9.80 Å². The molecule has 6 heterocycles. The molecule has 1 aromatic carbocycles. The van der Waals surface area contributed by atoms with E-state index in [9.17, 15) is 41.1 Å². The summed E-state index contributed by atoms with van der Waals surface area (Å²) >= 11 is 0. The highest BCUT2D eigenvalue weighted by Crippen LogP contribution is 2.36. The summed E-state index contributed by atoms with van der Waals surface area (Å²) in [6.45, 7) is 1.98. The molecule has 3 aliphatic heterocycles. The fourth-order valence-electron chi connectivity index (χ4n) is 9.05. The predicted molar refractivity (Wildman–Crippen MR) is 215 cm³/mol. The zero-order chi connectivity index (χ0) is 45.3. The lowest BCUT2D eigenvalue weighted by Gasteiger charge is -2.43. The van der Waals surface area contributed by atoms with Gasteiger partial charge in [-0.1, -0.05) is 0 Å². The number of piperazine rings is 1. The van der Waals surface area contributed by atoms with Gasteiger partial charge in [0.15, 0.2) is 11.4 Å². The van der Waals surface area contributed by atoms with E-state index in [2.05, 4.69) is 41.1 Å². The minimum atomic E-state index is -4.47. The monoisotopic (exact) mass is 902 g/mol. The number of carbonyl (C=O) groups is 4. The first-order valence-electron chi connectivity index (χ1n) is 21.1. The van der Waals surface area contributed by atoms with Crippen molar-refractivity contribution in [2.75, 3.05) is 61.3 Å². The van der Waals surface area contributed by atoms with Crippen LogP contribution in [0.15, 0.2) is 42.9 Å². The SMILES string of the molecule is O=C1CC[C@H](c2c(F)cc(N3CCC(C(=O)N4CCN(C5CCC(n6cc(NC(=O)c7cnn(-c8ccnc(NCC(F)(F)F)c8)n7)c(C(F)F)n6)CC5)CC4)CC3)cc2F)C(=O)N1. The highest BCUT2D eigenvalue weighted by molar-refractivity contribution is 6.03. The number of hydrogen-bond acceptors (Lipinski definition) is 11. The summed E-state index contributed by atoms with van der Waals surface area (Å²) in [6.07, 6.45) is 0.133. The molecule has 23 heteroatoms. The molecule has 1 saturated carbocycles. The van der Waals surface area contributed by atoms with Crippen LogP contribution in [0.1, 0.15) is 91.5 Å². The van der Waals surface area contributed by atoms with E-state index in [1.165, 1.54) is 41.3 Å². The molecule has 16 nitrogen and oxygen atoms in total. The first-order chi connectivity index (χ1) is 30.6. The van der Waals surface area contributed by atoms with E-state index in [4.69, 9.17) is 0 Å². The zero-order valence-electron chi connectivity index (χ0n) is 34.3. The van der Waals surface area contributed by atoms with E-state index < -0.39 is 60.1 Å². The third-order valence-electron chi connectivity index (χ3n) is 12.4. The maximum atomic E-state index is 15.2. The molecule has 3 N–H and O–H groups in total. The number of amides is 4. The molecule has 342 valence electrons. The smallest absolute Gasteiger partial charge is 0.371 e. The number of pyridine rings is 1. The predicted octanol–water partition coefficient (Wildman–Crippen LogP) is 5.37. The number of halogens is 7. The summed E-state index contributed by atoms with van der Waals surface area (Å²) in [6, 6.07) is 5.11. The maximum Gasteiger partial charge on any atom is 0.405 e. The quantitative estimate of drug-likeness (QED) is 0.131. The minimum absolute atomic E-state index is 0.00188. The van der Waals surface area contributed by atoms with Gasteiger partial charge < -0.3 is 20.4 Å². The van der Waals surface area contributed by atoms with Crippen LogP contribution >= 0.6 is 0 Å². The van der Waals surface area contributed by atoms with Crippen molar-refractivity contribution in [3.8, 4) is 5.69 Å².